The summed E-state index contributed by atoms with van der Waals surface area (Å²) in [6.45, 7) is 4.54. The fraction of sp³-hybridized carbons (Fsp3) is 0.261. The highest BCUT2D eigenvalue weighted by Crippen LogP contribution is 2.33. The third-order valence-corrected chi connectivity index (χ3v) is 6.82. The fourth-order valence-electron chi connectivity index (χ4n) is 4.24. The monoisotopic (exact) mass is 466 g/mol. The van der Waals surface area contributed by atoms with Crippen LogP contribution in [0.25, 0.3) is 16.6 Å². The maximum atomic E-state index is 14.6. The molecule has 0 bridgehead atoms. The first kappa shape index (κ1) is 21.3. The van der Waals surface area contributed by atoms with Gasteiger partial charge in [0, 0.05) is 59.1 Å². The number of anilines is 1. The number of nitrogens with zero attached hydrogens (tertiary/aromatic N) is 4. The number of rotatable bonds is 5. The normalized spacial score (nSPS) is 14.7. The van der Waals surface area contributed by atoms with Crippen LogP contribution < -0.4 is 10.1 Å². The molecule has 5 rings (SSSR count). The van der Waals surface area contributed by atoms with Crippen molar-refractivity contribution in [3.63, 3.8) is 0 Å². The maximum absolute atomic E-state index is 14.6. The van der Waals surface area contributed by atoms with E-state index in [0.29, 0.717) is 41.4 Å². The van der Waals surface area contributed by atoms with Crippen LogP contribution in [0.15, 0.2) is 41.8 Å². The number of aromatic nitrogens is 4. The van der Waals surface area contributed by atoms with E-state index in [9.17, 15) is 8.60 Å². The number of aryl methyl sites for hydroxylation is 2. The van der Waals surface area contributed by atoms with Crippen molar-refractivity contribution in [3.8, 4) is 16.9 Å². The van der Waals surface area contributed by atoms with E-state index in [0.717, 1.165) is 22.5 Å². The molecule has 1 unspecified atom stereocenters. The zero-order valence-corrected chi connectivity index (χ0v) is 19.3. The molecule has 3 aromatic heterocycles. The van der Waals surface area contributed by atoms with E-state index in [2.05, 4.69) is 20.3 Å². The fourth-order valence-corrected chi connectivity index (χ4v) is 5.07. The number of hydrogen-bond donors (Lipinski definition) is 2. The van der Waals surface area contributed by atoms with E-state index in [1.54, 1.807) is 16.7 Å². The van der Waals surface area contributed by atoms with Gasteiger partial charge in [0.25, 0.3) is 0 Å². The van der Waals surface area contributed by atoms with Gasteiger partial charge < -0.3 is 10.1 Å². The summed E-state index contributed by atoms with van der Waals surface area (Å²) >= 11 is 0. The lowest BCUT2D eigenvalue weighted by Crippen LogP contribution is -2.10. The van der Waals surface area contributed by atoms with E-state index in [1.807, 2.05) is 26.0 Å². The Bertz CT molecular complexity index is 1510. The van der Waals surface area contributed by atoms with Gasteiger partial charge in [-0.2, -0.15) is 0 Å². The predicted molar refractivity (Wildman–Crippen MR) is 124 cm³/mol. The van der Waals surface area contributed by atoms with Crippen LogP contribution in [0.1, 0.15) is 22.5 Å². The lowest BCUT2D eigenvalue weighted by Gasteiger charge is -2.14. The summed E-state index contributed by atoms with van der Waals surface area (Å²) in [5, 5.41) is 3.36. The molecule has 170 valence electrons. The first-order chi connectivity index (χ1) is 15.7. The molecule has 33 heavy (non-hydrogen) atoms. The third-order valence-electron chi connectivity index (χ3n) is 5.78. The van der Waals surface area contributed by atoms with Crippen molar-refractivity contribution < 1.29 is 13.3 Å². The zero-order chi connectivity index (χ0) is 23.3. The summed E-state index contributed by atoms with van der Waals surface area (Å²) in [5.74, 6) is 0.800. The Kier molecular flexibility index (Phi) is 5.04. The number of nitrogens with one attached hydrogen (secondary N) is 2. The van der Waals surface area contributed by atoms with Gasteiger partial charge in [-0.3, -0.25) is 9.38 Å². The first-order valence-corrected chi connectivity index (χ1v) is 12.4. The molecule has 0 radical (unpaired) electrons. The van der Waals surface area contributed by atoms with Crippen molar-refractivity contribution in [2.45, 2.75) is 31.8 Å². The van der Waals surface area contributed by atoms with E-state index < -0.39 is 9.73 Å². The number of hydrogen-bond acceptors (Lipinski definition) is 7. The molecule has 0 saturated heterocycles. The molecular formula is C23H23FN6O2S. The van der Waals surface area contributed by atoms with Crippen LogP contribution in [0, 0.1) is 24.4 Å². The minimum absolute atomic E-state index is 0.170. The SMILES string of the molecule is Cc1ccc(-c2cnc(NCc3c(F)ccc4c3CCO4)n3cnc(S(C)(=N)=O)c23)c(C)n1. The Labute approximate surface area is 190 Å². The Balaban J connectivity index is 1.63. The Hall–Kier alpha value is -3.53. The molecule has 0 aliphatic carbocycles. The minimum Gasteiger partial charge on any atom is -0.493 e. The molecule has 0 fully saturated rings. The smallest absolute Gasteiger partial charge is 0.209 e. The number of fused-ring (bicyclic) bond motifs is 2. The van der Waals surface area contributed by atoms with E-state index in [4.69, 9.17) is 9.52 Å². The second-order valence-electron chi connectivity index (χ2n) is 8.15. The largest absolute Gasteiger partial charge is 0.493 e. The van der Waals surface area contributed by atoms with Crippen LogP contribution in [0.3, 0.4) is 0 Å². The molecule has 2 N–H and O–H groups in total. The zero-order valence-electron chi connectivity index (χ0n) is 18.5. The van der Waals surface area contributed by atoms with Crippen LogP contribution >= 0.6 is 0 Å². The molecule has 0 saturated carbocycles. The number of ether oxygens (including phenoxy) is 1. The highest BCUT2D eigenvalue weighted by molar-refractivity contribution is 7.91. The molecule has 1 aliphatic rings. The van der Waals surface area contributed by atoms with Crippen LogP contribution in [0.5, 0.6) is 5.75 Å². The lowest BCUT2D eigenvalue weighted by atomic mass is 10.0. The molecule has 1 atom stereocenters. The summed E-state index contributed by atoms with van der Waals surface area (Å²) < 4.78 is 42.7. The number of benzene rings is 1. The first-order valence-electron chi connectivity index (χ1n) is 10.5. The average Bonchev–Trinajstić information content (AvgIpc) is 3.40. The summed E-state index contributed by atoms with van der Waals surface area (Å²) in [6.07, 6.45) is 5.14. The van der Waals surface area contributed by atoms with Gasteiger partial charge in [-0.15, -0.1) is 0 Å². The van der Waals surface area contributed by atoms with Crippen LogP contribution in [0.2, 0.25) is 0 Å². The summed E-state index contributed by atoms with van der Waals surface area (Å²) in [6, 6.07) is 6.88. The molecular weight excluding hydrogens is 443 g/mol. The van der Waals surface area contributed by atoms with Crippen molar-refractivity contribution in [2.24, 2.45) is 0 Å². The predicted octanol–water partition coefficient (Wildman–Crippen LogP) is 4.13. The number of imidazole rings is 1. The van der Waals surface area contributed by atoms with Crippen molar-refractivity contribution in [2.75, 3.05) is 18.2 Å². The van der Waals surface area contributed by atoms with Gasteiger partial charge in [-0.1, -0.05) is 6.07 Å². The average molecular weight is 467 g/mol. The Morgan fingerprint density at radius 1 is 1.21 bits per heavy atom. The van der Waals surface area contributed by atoms with Crippen LogP contribution in [0.4, 0.5) is 10.3 Å². The van der Waals surface area contributed by atoms with Crippen molar-refractivity contribution in [1.82, 2.24) is 19.4 Å². The summed E-state index contributed by atoms with van der Waals surface area (Å²) in [4.78, 5) is 13.4. The third kappa shape index (κ3) is 3.70. The summed E-state index contributed by atoms with van der Waals surface area (Å²) in [5.41, 5.74) is 5.08. The van der Waals surface area contributed by atoms with Crippen molar-refractivity contribution in [3.05, 3.63) is 65.1 Å². The van der Waals surface area contributed by atoms with Crippen LogP contribution in [-0.4, -0.2) is 36.4 Å². The van der Waals surface area contributed by atoms with Gasteiger partial charge in [0.1, 0.15) is 17.9 Å². The number of pyridine rings is 1. The molecule has 0 spiro atoms. The minimum atomic E-state index is -3.12. The summed E-state index contributed by atoms with van der Waals surface area (Å²) in [7, 11) is -3.12. The van der Waals surface area contributed by atoms with E-state index in [-0.39, 0.29) is 17.4 Å². The van der Waals surface area contributed by atoms with E-state index >= 15 is 0 Å². The van der Waals surface area contributed by atoms with Crippen LogP contribution in [-0.2, 0) is 22.7 Å². The van der Waals surface area contributed by atoms with Gasteiger partial charge in [0.15, 0.2) is 5.03 Å². The van der Waals surface area contributed by atoms with Gasteiger partial charge in [-0.05, 0) is 32.0 Å². The molecule has 4 aromatic rings. The molecule has 1 aromatic carbocycles. The van der Waals surface area contributed by atoms with E-state index in [1.165, 1.54) is 18.6 Å². The quantitative estimate of drug-likeness (QED) is 0.458. The molecule has 0 amide bonds. The highest BCUT2D eigenvalue weighted by atomic mass is 32.2. The van der Waals surface area contributed by atoms with Gasteiger partial charge in [-0.25, -0.2) is 23.3 Å². The Morgan fingerprint density at radius 2 is 2.03 bits per heavy atom. The van der Waals surface area contributed by atoms with Gasteiger partial charge in [0.05, 0.1) is 21.9 Å². The Morgan fingerprint density at radius 3 is 2.79 bits per heavy atom. The van der Waals surface area contributed by atoms with Gasteiger partial charge >= 0.3 is 0 Å². The maximum Gasteiger partial charge on any atom is 0.209 e. The van der Waals surface area contributed by atoms with Gasteiger partial charge in [0.2, 0.25) is 5.95 Å². The highest BCUT2D eigenvalue weighted by Gasteiger charge is 2.22. The molecule has 4 heterocycles. The molecule has 8 nitrogen and oxygen atoms in total. The standard InChI is InChI=1S/C23H23FN6O2S/c1-13-4-5-15(14(2)29-13)18-11-27-23(30-12-28-22(21(18)30)33(3,25)31)26-10-17-16-8-9-32-20(16)7-6-19(17)24/h4-7,11-12,25H,8-10H2,1-3H3,(H,26,27). The second-order valence-corrected chi connectivity index (χ2v) is 10.2. The molecule has 1 aliphatic heterocycles. The lowest BCUT2D eigenvalue weighted by molar-refractivity contribution is 0.356. The molecule has 10 heteroatoms. The van der Waals surface area contributed by atoms with Crippen molar-refractivity contribution >= 4 is 21.2 Å². The second kappa shape index (κ2) is 7.80. The van der Waals surface area contributed by atoms with Crippen molar-refractivity contribution in [1.29, 1.82) is 4.78 Å². The number of halogens is 1. The topological polar surface area (TPSA) is 105 Å².